The van der Waals surface area contributed by atoms with E-state index in [0.29, 0.717) is 63.8 Å². The lowest BCUT2D eigenvalue weighted by Gasteiger charge is -2.11. The van der Waals surface area contributed by atoms with Crippen molar-refractivity contribution in [1.29, 1.82) is 0 Å². The predicted molar refractivity (Wildman–Crippen MR) is 144 cm³/mol. The standard InChI is InChI=1S/C25H42N8O3/c1-3-5-12-28-23-31-24(29-13-6-4-2)33-25(32-23)30-21-9-7-20(8-10-21)19-22(34)27-14-16-36-18-17-35-15-11-26/h7-10H,3-6,11-19,26H2,1-2H3,(H,27,34)(H3,28,29,30,31,32,33). The zero-order chi connectivity index (χ0) is 25.8. The van der Waals surface area contributed by atoms with Crippen LogP contribution in [0.4, 0.5) is 23.5 Å². The van der Waals surface area contributed by atoms with Crippen LogP contribution in [0.25, 0.3) is 0 Å². The van der Waals surface area contributed by atoms with Crippen molar-refractivity contribution in [2.75, 3.05) is 68.6 Å². The van der Waals surface area contributed by atoms with Gasteiger partial charge in [0, 0.05) is 31.9 Å². The Bertz CT molecular complexity index is 839. The van der Waals surface area contributed by atoms with Gasteiger partial charge >= 0.3 is 0 Å². The van der Waals surface area contributed by atoms with E-state index < -0.39 is 0 Å². The summed E-state index contributed by atoms with van der Waals surface area (Å²) in [7, 11) is 0. The molecule has 2 rings (SSSR count). The molecule has 0 spiro atoms. The molecule has 0 saturated heterocycles. The molecule has 1 amide bonds. The van der Waals surface area contributed by atoms with Crippen molar-refractivity contribution in [2.45, 2.75) is 46.0 Å². The number of carbonyl (C=O) groups is 1. The summed E-state index contributed by atoms with van der Waals surface area (Å²) >= 11 is 0. The second-order valence-corrected chi connectivity index (χ2v) is 8.23. The summed E-state index contributed by atoms with van der Waals surface area (Å²) in [5.41, 5.74) is 7.09. The fourth-order valence-corrected chi connectivity index (χ4v) is 3.09. The number of ether oxygens (including phenoxy) is 2. The number of nitrogens with two attached hydrogens (primary N) is 1. The van der Waals surface area contributed by atoms with Gasteiger partial charge in [0.2, 0.25) is 23.8 Å². The zero-order valence-electron chi connectivity index (χ0n) is 21.6. The van der Waals surface area contributed by atoms with Gasteiger partial charge in [0.05, 0.1) is 32.8 Å². The Morgan fingerprint density at radius 3 is 1.97 bits per heavy atom. The molecule has 6 N–H and O–H groups in total. The molecule has 1 heterocycles. The van der Waals surface area contributed by atoms with Crippen molar-refractivity contribution in [2.24, 2.45) is 5.73 Å². The van der Waals surface area contributed by atoms with E-state index in [9.17, 15) is 4.79 Å². The van der Waals surface area contributed by atoms with Crippen LogP contribution in [-0.2, 0) is 20.7 Å². The molecule has 0 bridgehead atoms. The summed E-state index contributed by atoms with van der Waals surface area (Å²) in [6.45, 7) is 8.81. The number of hydrogen-bond acceptors (Lipinski definition) is 10. The molecular formula is C25H42N8O3. The molecule has 200 valence electrons. The molecule has 36 heavy (non-hydrogen) atoms. The summed E-state index contributed by atoms with van der Waals surface area (Å²) in [6.07, 6.45) is 4.56. The van der Waals surface area contributed by atoms with Gasteiger partial charge in [-0.15, -0.1) is 0 Å². The smallest absolute Gasteiger partial charge is 0.233 e. The lowest BCUT2D eigenvalue weighted by atomic mass is 10.1. The minimum Gasteiger partial charge on any atom is -0.378 e. The predicted octanol–water partition coefficient (Wildman–Crippen LogP) is 2.69. The van der Waals surface area contributed by atoms with E-state index in [1.54, 1.807) is 0 Å². The van der Waals surface area contributed by atoms with E-state index >= 15 is 0 Å². The highest BCUT2D eigenvalue weighted by Gasteiger charge is 2.08. The number of carbonyl (C=O) groups excluding carboxylic acids is 1. The van der Waals surface area contributed by atoms with Crippen LogP contribution in [0.5, 0.6) is 0 Å². The van der Waals surface area contributed by atoms with Crippen LogP contribution in [-0.4, -0.2) is 73.5 Å². The van der Waals surface area contributed by atoms with E-state index in [1.807, 2.05) is 24.3 Å². The average Bonchev–Trinajstić information content (AvgIpc) is 2.87. The lowest BCUT2D eigenvalue weighted by molar-refractivity contribution is -0.120. The van der Waals surface area contributed by atoms with Crippen molar-refractivity contribution >= 4 is 29.4 Å². The Morgan fingerprint density at radius 1 is 0.806 bits per heavy atom. The van der Waals surface area contributed by atoms with E-state index in [2.05, 4.69) is 50.1 Å². The number of benzene rings is 1. The Kier molecular flexibility index (Phi) is 14.8. The third-order valence-corrected chi connectivity index (χ3v) is 5.04. The van der Waals surface area contributed by atoms with Crippen LogP contribution >= 0.6 is 0 Å². The second kappa shape index (κ2) is 18.3. The number of unbranched alkanes of at least 4 members (excludes halogenated alkanes) is 2. The van der Waals surface area contributed by atoms with Crippen LogP contribution < -0.4 is 27.0 Å². The first-order chi connectivity index (χ1) is 17.6. The SMILES string of the molecule is CCCCNc1nc(NCCCC)nc(Nc2ccc(CC(=O)NCCOCCOCCN)cc2)n1. The molecule has 0 aliphatic carbocycles. The minimum absolute atomic E-state index is 0.0539. The van der Waals surface area contributed by atoms with Gasteiger partial charge in [-0.3, -0.25) is 4.79 Å². The molecular weight excluding hydrogens is 460 g/mol. The molecule has 0 fully saturated rings. The van der Waals surface area contributed by atoms with Crippen LogP contribution in [0.3, 0.4) is 0 Å². The maximum absolute atomic E-state index is 12.2. The third-order valence-electron chi connectivity index (χ3n) is 5.04. The number of amides is 1. The molecule has 0 aliphatic rings. The Morgan fingerprint density at radius 2 is 1.39 bits per heavy atom. The fraction of sp³-hybridized carbons (Fsp3) is 0.600. The van der Waals surface area contributed by atoms with E-state index in [4.69, 9.17) is 15.2 Å². The maximum Gasteiger partial charge on any atom is 0.233 e. The maximum atomic E-state index is 12.2. The van der Waals surface area contributed by atoms with Crippen LogP contribution in [0.2, 0.25) is 0 Å². The van der Waals surface area contributed by atoms with Crippen molar-refractivity contribution in [3.05, 3.63) is 29.8 Å². The highest BCUT2D eigenvalue weighted by molar-refractivity contribution is 5.78. The highest BCUT2D eigenvalue weighted by atomic mass is 16.5. The van der Waals surface area contributed by atoms with Crippen LogP contribution in [0, 0.1) is 0 Å². The fourth-order valence-electron chi connectivity index (χ4n) is 3.09. The van der Waals surface area contributed by atoms with Gasteiger partial charge in [0.25, 0.3) is 0 Å². The number of hydrogen-bond donors (Lipinski definition) is 5. The Labute approximate surface area is 214 Å². The number of rotatable bonds is 20. The summed E-state index contributed by atoms with van der Waals surface area (Å²) < 4.78 is 10.6. The second-order valence-electron chi connectivity index (χ2n) is 8.23. The third kappa shape index (κ3) is 12.6. The van der Waals surface area contributed by atoms with Gasteiger partial charge in [-0.25, -0.2) is 0 Å². The van der Waals surface area contributed by atoms with Crippen molar-refractivity contribution in [1.82, 2.24) is 20.3 Å². The topological polar surface area (TPSA) is 148 Å². The van der Waals surface area contributed by atoms with E-state index in [-0.39, 0.29) is 5.91 Å². The van der Waals surface area contributed by atoms with Gasteiger partial charge in [-0.2, -0.15) is 15.0 Å². The van der Waals surface area contributed by atoms with Crippen molar-refractivity contribution < 1.29 is 14.3 Å². The van der Waals surface area contributed by atoms with E-state index in [1.165, 1.54) is 0 Å². The summed E-state index contributed by atoms with van der Waals surface area (Å²) in [6, 6.07) is 7.64. The van der Waals surface area contributed by atoms with E-state index in [0.717, 1.165) is 50.0 Å². The molecule has 0 unspecified atom stereocenters. The normalized spacial score (nSPS) is 10.8. The number of nitrogens with zero attached hydrogens (tertiary/aromatic N) is 3. The first kappa shape index (κ1) is 29.2. The summed E-state index contributed by atoms with van der Waals surface area (Å²) in [5, 5.41) is 12.6. The molecule has 11 nitrogen and oxygen atoms in total. The monoisotopic (exact) mass is 502 g/mol. The van der Waals surface area contributed by atoms with Crippen LogP contribution in [0.1, 0.15) is 45.1 Å². The van der Waals surface area contributed by atoms with Gasteiger partial charge in [-0.05, 0) is 30.5 Å². The van der Waals surface area contributed by atoms with Gasteiger partial charge < -0.3 is 36.5 Å². The lowest BCUT2D eigenvalue weighted by Crippen LogP contribution is -2.29. The first-order valence-corrected chi connectivity index (χ1v) is 12.9. The number of aromatic nitrogens is 3. The van der Waals surface area contributed by atoms with Gasteiger partial charge in [0.15, 0.2) is 0 Å². The molecule has 11 heteroatoms. The quantitative estimate of drug-likeness (QED) is 0.171. The Hall–Kier alpha value is -3.02. The van der Waals surface area contributed by atoms with Crippen LogP contribution in [0.15, 0.2) is 24.3 Å². The molecule has 0 atom stereocenters. The number of nitrogens with one attached hydrogen (secondary N) is 4. The molecule has 0 aliphatic heterocycles. The zero-order valence-corrected chi connectivity index (χ0v) is 21.6. The van der Waals surface area contributed by atoms with Crippen molar-refractivity contribution in [3.8, 4) is 0 Å². The number of anilines is 4. The largest absolute Gasteiger partial charge is 0.378 e. The highest BCUT2D eigenvalue weighted by Crippen LogP contribution is 2.17. The Balaban J connectivity index is 1.83. The molecule has 1 aromatic heterocycles. The molecule has 0 saturated carbocycles. The summed E-state index contributed by atoms with van der Waals surface area (Å²) in [4.78, 5) is 25.7. The minimum atomic E-state index is -0.0539. The van der Waals surface area contributed by atoms with Gasteiger partial charge in [-0.1, -0.05) is 38.8 Å². The summed E-state index contributed by atoms with van der Waals surface area (Å²) in [5.74, 6) is 1.49. The van der Waals surface area contributed by atoms with Crippen molar-refractivity contribution in [3.63, 3.8) is 0 Å². The molecule has 0 radical (unpaired) electrons. The molecule has 2 aromatic rings. The average molecular weight is 503 g/mol. The molecule has 1 aromatic carbocycles. The first-order valence-electron chi connectivity index (χ1n) is 12.9. The van der Waals surface area contributed by atoms with Gasteiger partial charge in [0.1, 0.15) is 0 Å².